The van der Waals surface area contributed by atoms with Gasteiger partial charge in [0.05, 0.1) is 17.2 Å². The Labute approximate surface area is 143 Å². The van der Waals surface area contributed by atoms with Gasteiger partial charge in [-0.25, -0.2) is 0 Å². The Balaban J connectivity index is 1.54. The fraction of sp³-hybridized carbons (Fsp3) is 0.562. The van der Waals surface area contributed by atoms with Crippen molar-refractivity contribution in [2.24, 2.45) is 0 Å². The molecule has 1 aliphatic heterocycles. The quantitative estimate of drug-likeness (QED) is 0.854. The average Bonchev–Trinajstić information content (AvgIpc) is 2.91. The van der Waals surface area contributed by atoms with Gasteiger partial charge in [0, 0.05) is 23.9 Å². The smallest absolute Gasteiger partial charge is 0.252 e. The van der Waals surface area contributed by atoms with Crippen LogP contribution in [0.3, 0.4) is 0 Å². The van der Waals surface area contributed by atoms with Crippen LogP contribution in [0.25, 0.3) is 0 Å². The largest absolute Gasteiger partial charge is 0.349 e. The van der Waals surface area contributed by atoms with Crippen LogP contribution in [0.4, 0.5) is 0 Å². The highest BCUT2D eigenvalue weighted by molar-refractivity contribution is 9.10. The topological polar surface area (TPSA) is 47.6 Å². The van der Waals surface area contributed by atoms with Crippen molar-refractivity contribution in [3.05, 3.63) is 33.3 Å². The lowest BCUT2D eigenvalue weighted by molar-refractivity contribution is -0.186. The van der Waals surface area contributed by atoms with Crippen LogP contribution in [0.5, 0.6) is 0 Å². The summed E-state index contributed by atoms with van der Waals surface area (Å²) < 4.78 is 12.7. The minimum Gasteiger partial charge on any atom is -0.349 e. The van der Waals surface area contributed by atoms with E-state index in [1.54, 1.807) is 18.2 Å². The summed E-state index contributed by atoms with van der Waals surface area (Å²) in [6.45, 7) is 0.968. The molecule has 1 spiro atoms. The predicted molar refractivity (Wildman–Crippen MR) is 88.1 cm³/mol. The molecule has 1 heterocycles. The van der Waals surface area contributed by atoms with Gasteiger partial charge in [0.15, 0.2) is 5.79 Å². The van der Waals surface area contributed by atoms with Gasteiger partial charge in [0.25, 0.3) is 5.91 Å². The lowest BCUT2D eigenvalue weighted by atomic mass is 9.94. The lowest BCUT2D eigenvalue weighted by Crippen LogP contribution is -2.37. The molecule has 1 atom stereocenters. The molecule has 1 aromatic carbocycles. The molecule has 22 heavy (non-hydrogen) atoms. The highest BCUT2D eigenvalue weighted by Gasteiger charge is 2.42. The predicted octanol–water partition coefficient (Wildman–Crippen LogP) is 3.91. The third-order valence-corrected chi connectivity index (χ3v) is 5.02. The monoisotopic (exact) mass is 387 g/mol. The summed E-state index contributed by atoms with van der Waals surface area (Å²) in [5.74, 6) is -0.597. The lowest BCUT2D eigenvalue weighted by Gasteiger charge is -2.31. The van der Waals surface area contributed by atoms with Crippen LogP contribution in [-0.2, 0) is 9.47 Å². The molecule has 1 saturated carbocycles. The number of ether oxygens (including phenoxy) is 2. The first kappa shape index (κ1) is 16.2. The van der Waals surface area contributed by atoms with E-state index in [4.69, 9.17) is 21.1 Å². The molecule has 4 nitrogen and oxygen atoms in total. The maximum absolute atomic E-state index is 12.2. The number of benzene rings is 1. The van der Waals surface area contributed by atoms with Crippen molar-refractivity contribution < 1.29 is 14.3 Å². The van der Waals surface area contributed by atoms with Crippen molar-refractivity contribution in [1.29, 1.82) is 0 Å². The van der Waals surface area contributed by atoms with Gasteiger partial charge in [-0.05, 0) is 31.0 Å². The molecule has 0 aromatic heterocycles. The Morgan fingerprint density at radius 3 is 2.91 bits per heavy atom. The normalized spacial score (nSPS) is 23.6. The Morgan fingerprint density at radius 1 is 1.36 bits per heavy atom. The molecule has 0 radical (unpaired) electrons. The first-order valence-corrected chi connectivity index (χ1v) is 8.80. The van der Waals surface area contributed by atoms with Gasteiger partial charge < -0.3 is 14.8 Å². The van der Waals surface area contributed by atoms with Crippen LogP contribution < -0.4 is 5.32 Å². The number of hydrogen-bond donors (Lipinski definition) is 1. The van der Waals surface area contributed by atoms with Crippen molar-refractivity contribution >= 4 is 33.4 Å². The Bertz CT molecular complexity index is 560. The van der Waals surface area contributed by atoms with Gasteiger partial charge in [0.2, 0.25) is 0 Å². The van der Waals surface area contributed by atoms with E-state index < -0.39 is 5.79 Å². The molecule has 1 aliphatic carbocycles. The minimum atomic E-state index is -0.402. The molecule has 2 aliphatic rings. The molecule has 6 heteroatoms. The molecule has 1 amide bonds. The van der Waals surface area contributed by atoms with Gasteiger partial charge in [-0.2, -0.15) is 0 Å². The fourth-order valence-electron chi connectivity index (χ4n) is 3.04. The number of carbonyl (C=O) groups excluding carboxylic acids is 1. The summed E-state index contributed by atoms with van der Waals surface area (Å²) in [7, 11) is 0. The minimum absolute atomic E-state index is 0.0898. The third kappa shape index (κ3) is 3.65. The molecule has 2 fully saturated rings. The number of halogens is 2. The van der Waals surface area contributed by atoms with Gasteiger partial charge in [0.1, 0.15) is 6.10 Å². The first-order chi connectivity index (χ1) is 10.6. The second-order valence-corrected chi connectivity index (χ2v) is 7.18. The average molecular weight is 389 g/mol. The number of nitrogens with one attached hydrogen (secondary N) is 1. The van der Waals surface area contributed by atoms with Crippen LogP contribution in [0, 0.1) is 0 Å². The molecule has 1 N–H and O–H groups in total. The van der Waals surface area contributed by atoms with E-state index in [1.165, 1.54) is 6.42 Å². The molecule has 1 saturated heterocycles. The van der Waals surface area contributed by atoms with E-state index in [2.05, 4.69) is 21.2 Å². The van der Waals surface area contributed by atoms with E-state index in [1.807, 2.05) is 0 Å². The molecule has 1 aromatic rings. The van der Waals surface area contributed by atoms with Crippen molar-refractivity contribution in [3.63, 3.8) is 0 Å². The molecule has 120 valence electrons. The maximum atomic E-state index is 12.2. The zero-order valence-electron chi connectivity index (χ0n) is 12.2. The third-order valence-electron chi connectivity index (χ3n) is 4.19. The zero-order valence-corrected chi connectivity index (χ0v) is 14.6. The van der Waals surface area contributed by atoms with Crippen LogP contribution >= 0.6 is 27.5 Å². The van der Waals surface area contributed by atoms with E-state index >= 15 is 0 Å². The number of rotatable bonds is 3. The summed E-state index contributed by atoms with van der Waals surface area (Å²) in [4.78, 5) is 12.2. The second-order valence-electron chi connectivity index (χ2n) is 5.86. The summed E-state index contributed by atoms with van der Waals surface area (Å²) in [6.07, 6.45) is 5.36. The van der Waals surface area contributed by atoms with Crippen LogP contribution in [-0.4, -0.2) is 30.9 Å². The molecule has 3 rings (SSSR count). The zero-order chi connectivity index (χ0) is 15.6. The molecule has 0 unspecified atom stereocenters. The van der Waals surface area contributed by atoms with Gasteiger partial charge >= 0.3 is 0 Å². The Kier molecular flexibility index (Phi) is 5.07. The van der Waals surface area contributed by atoms with Crippen molar-refractivity contribution in [2.75, 3.05) is 13.2 Å². The summed E-state index contributed by atoms with van der Waals surface area (Å²) in [6, 6.07) is 5.22. The Hall–Kier alpha value is -0.620. The van der Waals surface area contributed by atoms with Gasteiger partial charge in [-0.1, -0.05) is 34.0 Å². The summed E-state index contributed by atoms with van der Waals surface area (Å²) in [5, 5.41) is 3.32. The summed E-state index contributed by atoms with van der Waals surface area (Å²) >= 11 is 9.41. The van der Waals surface area contributed by atoms with E-state index in [0.29, 0.717) is 23.7 Å². The van der Waals surface area contributed by atoms with E-state index in [0.717, 1.165) is 30.2 Å². The van der Waals surface area contributed by atoms with Crippen LogP contribution in [0.2, 0.25) is 5.02 Å². The second kappa shape index (κ2) is 6.87. The van der Waals surface area contributed by atoms with E-state index in [9.17, 15) is 4.79 Å². The van der Waals surface area contributed by atoms with Crippen molar-refractivity contribution in [2.45, 2.75) is 44.0 Å². The SMILES string of the molecule is O=C(NC[C@@H]1COC2(CCCCC2)O1)c1cc(Br)ccc1Cl. The first-order valence-electron chi connectivity index (χ1n) is 7.63. The molecule has 0 bridgehead atoms. The van der Waals surface area contributed by atoms with Crippen molar-refractivity contribution in [1.82, 2.24) is 5.32 Å². The fourth-order valence-corrected chi connectivity index (χ4v) is 3.61. The number of amides is 1. The number of hydrogen-bond acceptors (Lipinski definition) is 3. The van der Waals surface area contributed by atoms with Gasteiger partial charge in [-0.15, -0.1) is 0 Å². The Morgan fingerprint density at radius 2 is 2.14 bits per heavy atom. The standard InChI is InChI=1S/C16H19BrClNO3/c17-11-4-5-14(18)13(8-11)15(20)19-9-12-10-21-16(22-12)6-2-1-3-7-16/h4-5,8,12H,1-3,6-7,9-10H2,(H,19,20)/t12-/m1/s1. The van der Waals surface area contributed by atoms with E-state index in [-0.39, 0.29) is 12.0 Å². The van der Waals surface area contributed by atoms with Gasteiger partial charge in [-0.3, -0.25) is 4.79 Å². The molecular weight excluding hydrogens is 370 g/mol. The number of carbonyl (C=O) groups is 1. The van der Waals surface area contributed by atoms with Crippen LogP contribution in [0.15, 0.2) is 22.7 Å². The molecular formula is C16H19BrClNO3. The summed E-state index contributed by atoms with van der Waals surface area (Å²) in [5.41, 5.74) is 0.460. The highest BCUT2D eigenvalue weighted by atomic mass is 79.9. The van der Waals surface area contributed by atoms with Crippen molar-refractivity contribution in [3.8, 4) is 0 Å². The highest BCUT2D eigenvalue weighted by Crippen LogP contribution is 2.37. The maximum Gasteiger partial charge on any atom is 0.252 e. The van der Waals surface area contributed by atoms with Crippen LogP contribution in [0.1, 0.15) is 42.5 Å².